The maximum absolute atomic E-state index is 12.9. The van der Waals surface area contributed by atoms with Gasteiger partial charge >= 0.3 is 0 Å². The lowest BCUT2D eigenvalue weighted by Crippen LogP contribution is -2.24. The Balaban J connectivity index is 1.67. The monoisotopic (exact) mass is 474 g/mol. The minimum atomic E-state index is -0.292. The molecule has 1 aliphatic carbocycles. The molecule has 0 heterocycles. The summed E-state index contributed by atoms with van der Waals surface area (Å²) in [4.78, 5) is 25.4. The number of ether oxygens (including phenoxy) is 2. The second-order valence-electron chi connectivity index (χ2n) is 7.34. The molecular formula is C23H27BrN2O4. The number of methoxy groups -OCH3 is 1. The third-order valence-corrected chi connectivity index (χ3v) is 5.59. The Morgan fingerprint density at radius 3 is 2.47 bits per heavy atom. The molecule has 7 heteroatoms. The van der Waals surface area contributed by atoms with E-state index in [0.29, 0.717) is 35.9 Å². The van der Waals surface area contributed by atoms with Gasteiger partial charge in [0, 0.05) is 28.9 Å². The summed E-state index contributed by atoms with van der Waals surface area (Å²) in [5.74, 6) is 0.318. The smallest absolute Gasteiger partial charge is 0.259 e. The van der Waals surface area contributed by atoms with Crippen molar-refractivity contribution < 1.29 is 19.1 Å². The van der Waals surface area contributed by atoms with Gasteiger partial charge in [0.05, 0.1) is 12.2 Å². The lowest BCUT2D eigenvalue weighted by atomic mass is 9.88. The summed E-state index contributed by atoms with van der Waals surface area (Å²) >= 11 is 3.40. The molecule has 0 saturated heterocycles. The van der Waals surface area contributed by atoms with Crippen LogP contribution in [0.25, 0.3) is 0 Å². The fraction of sp³-hybridized carbons (Fsp3) is 0.391. The summed E-state index contributed by atoms with van der Waals surface area (Å²) in [5.41, 5.74) is 1.69. The minimum absolute atomic E-state index is 0.0546. The first-order valence-electron chi connectivity index (χ1n) is 10.2. The van der Waals surface area contributed by atoms with Crippen LogP contribution in [0.15, 0.2) is 46.9 Å². The zero-order valence-electron chi connectivity index (χ0n) is 17.1. The van der Waals surface area contributed by atoms with Gasteiger partial charge in [0.1, 0.15) is 12.4 Å². The van der Waals surface area contributed by atoms with Gasteiger partial charge in [-0.1, -0.05) is 41.3 Å². The Bertz CT molecular complexity index is 881. The number of benzene rings is 2. The van der Waals surface area contributed by atoms with E-state index in [1.54, 1.807) is 31.4 Å². The molecule has 160 valence electrons. The molecule has 0 radical (unpaired) electrons. The molecule has 0 spiro atoms. The van der Waals surface area contributed by atoms with Crippen LogP contribution >= 0.6 is 15.9 Å². The van der Waals surface area contributed by atoms with E-state index in [0.717, 1.165) is 30.2 Å². The van der Waals surface area contributed by atoms with Crippen molar-refractivity contribution in [1.82, 2.24) is 0 Å². The van der Waals surface area contributed by atoms with Gasteiger partial charge < -0.3 is 20.1 Å². The third-order valence-electron chi connectivity index (χ3n) is 5.10. The SMILES string of the molecule is COCCOc1ccc(Br)cc1C(=O)Nc1cccc(NC(=O)C2CCCCC2)c1. The summed E-state index contributed by atoms with van der Waals surface area (Å²) in [5, 5.41) is 5.87. The molecule has 0 atom stereocenters. The van der Waals surface area contributed by atoms with Crippen LogP contribution in [-0.2, 0) is 9.53 Å². The fourth-order valence-corrected chi connectivity index (χ4v) is 3.88. The van der Waals surface area contributed by atoms with E-state index in [1.807, 2.05) is 18.2 Å². The minimum Gasteiger partial charge on any atom is -0.490 e. The van der Waals surface area contributed by atoms with Crippen LogP contribution in [0.4, 0.5) is 11.4 Å². The molecule has 0 aliphatic heterocycles. The Hall–Kier alpha value is -2.38. The van der Waals surface area contributed by atoms with Gasteiger partial charge in [-0.15, -0.1) is 0 Å². The maximum atomic E-state index is 12.9. The first-order chi connectivity index (χ1) is 14.6. The molecule has 30 heavy (non-hydrogen) atoms. The summed E-state index contributed by atoms with van der Waals surface area (Å²) in [7, 11) is 1.60. The van der Waals surface area contributed by atoms with Crippen LogP contribution in [0.1, 0.15) is 42.5 Å². The second-order valence-corrected chi connectivity index (χ2v) is 8.26. The summed E-state index contributed by atoms with van der Waals surface area (Å²) in [6.07, 6.45) is 5.30. The summed E-state index contributed by atoms with van der Waals surface area (Å²) < 4.78 is 11.5. The highest BCUT2D eigenvalue weighted by molar-refractivity contribution is 9.10. The highest BCUT2D eigenvalue weighted by Gasteiger charge is 2.21. The van der Waals surface area contributed by atoms with E-state index >= 15 is 0 Å². The van der Waals surface area contributed by atoms with Crippen molar-refractivity contribution >= 4 is 39.1 Å². The average molecular weight is 475 g/mol. The van der Waals surface area contributed by atoms with E-state index in [1.165, 1.54) is 6.42 Å². The lowest BCUT2D eigenvalue weighted by Gasteiger charge is -2.21. The highest BCUT2D eigenvalue weighted by Crippen LogP contribution is 2.27. The van der Waals surface area contributed by atoms with Gasteiger partial charge in [-0.3, -0.25) is 9.59 Å². The first-order valence-corrected chi connectivity index (χ1v) is 11.0. The van der Waals surface area contributed by atoms with Crippen molar-refractivity contribution in [2.75, 3.05) is 31.0 Å². The molecule has 0 bridgehead atoms. The predicted octanol–water partition coefficient (Wildman–Crippen LogP) is 5.25. The quantitative estimate of drug-likeness (QED) is 0.512. The van der Waals surface area contributed by atoms with Crippen LogP contribution in [0.2, 0.25) is 0 Å². The molecule has 3 rings (SSSR count). The van der Waals surface area contributed by atoms with Gasteiger partial charge in [-0.05, 0) is 49.2 Å². The number of carbonyl (C=O) groups is 2. The standard InChI is InChI=1S/C23H27BrN2O4/c1-29-12-13-30-21-11-10-17(24)14-20(21)23(28)26-19-9-5-8-18(15-19)25-22(27)16-6-3-2-4-7-16/h5,8-11,14-16H,2-4,6-7,12-13H2,1H3,(H,25,27)(H,26,28). The van der Waals surface area contributed by atoms with E-state index in [2.05, 4.69) is 26.6 Å². The Morgan fingerprint density at radius 1 is 1.00 bits per heavy atom. The molecule has 1 fully saturated rings. The number of amides is 2. The Labute approximate surface area is 185 Å². The topological polar surface area (TPSA) is 76.7 Å². The Morgan fingerprint density at radius 2 is 1.73 bits per heavy atom. The van der Waals surface area contributed by atoms with Gasteiger partial charge in [0.15, 0.2) is 0 Å². The molecule has 6 nitrogen and oxygen atoms in total. The average Bonchev–Trinajstić information content (AvgIpc) is 2.75. The van der Waals surface area contributed by atoms with Crippen LogP contribution in [-0.4, -0.2) is 32.1 Å². The van der Waals surface area contributed by atoms with Gasteiger partial charge in [-0.2, -0.15) is 0 Å². The maximum Gasteiger partial charge on any atom is 0.259 e. The van der Waals surface area contributed by atoms with Crippen LogP contribution < -0.4 is 15.4 Å². The Kier molecular flexibility index (Phi) is 8.28. The summed E-state index contributed by atoms with van der Waals surface area (Å²) in [6, 6.07) is 12.5. The highest BCUT2D eigenvalue weighted by atomic mass is 79.9. The van der Waals surface area contributed by atoms with Crippen molar-refractivity contribution in [1.29, 1.82) is 0 Å². The van der Waals surface area contributed by atoms with Crippen molar-refractivity contribution in [3.8, 4) is 5.75 Å². The van der Waals surface area contributed by atoms with Crippen LogP contribution in [0, 0.1) is 5.92 Å². The summed E-state index contributed by atoms with van der Waals surface area (Å²) in [6.45, 7) is 0.779. The van der Waals surface area contributed by atoms with Crippen LogP contribution in [0.5, 0.6) is 5.75 Å². The molecule has 2 aromatic rings. The van der Waals surface area contributed by atoms with Crippen molar-refractivity contribution in [2.45, 2.75) is 32.1 Å². The molecule has 2 N–H and O–H groups in total. The number of hydrogen-bond acceptors (Lipinski definition) is 4. The predicted molar refractivity (Wildman–Crippen MR) is 121 cm³/mol. The molecule has 2 amide bonds. The number of rotatable bonds is 8. The first kappa shape index (κ1) is 22.3. The fourth-order valence-electron chi connectivity index (χ4n) is 3.52. The van der Waals surface area contributed by atoms with Crippen LogP contribution in [0.3, 0.4) is 0 Å². The van der Waals surface area contributed by atoms with Crippen molar-refractivity contribution in [3.05, 3.63) is 52.5 Å². The number of carbonyl (C=O) groups excluding carboxylic acids is 2. The molecular weight excluding hydrogens is 448 g/mol. The van der Waals surface area contributed by atoms with E-state index < -0.39 is 0 Å². The van der Waals surface area contributed by atoms with E-state index in [9.17, 15) is 9.59 Å². The molecule has 2 aromatic carbocycles. The van der Waals surface area contributed by atoms with Gasteiger partial charge in [-0.25, -0.2) is 0 Å². The number of anilines is 2. The lowest BCUT2D eigenvalue weighted by molar-refractivity contribution is -0.120. The van der Waals surface area contributed by atoms with Crippen molar-refractivity contribution in [3.63, 3.8) is 0 Å². The van der Waals surface area contributed by atoms with E-state index in [4.69, 9.17) is 9.47 Å². The zero-order chi connectivity index (χ0) is 21.3. The number of hydrogen-bond donors (Lipinski definition) is 2. The molecule has 1 aliphatic rings. The van der Waals surface area contributed by atoms with Gasteiger partial charge in [0.2, 0.25) is 5.91 Å². The normalized spacial score (nSPS) is 14.2. The van der Waals surface area contributed by atoms with Gasteiger partial charge in [0.25, 0.3) is 5.91 Å². The van der Waals surface area contributed by atoms with E-state index in [-0.39, 0.29) is 17.7 Å². The zero-order valence-corrected chi connectivity index (χ0v) is 18.7. The third kappa shape index (κ3) is 6.31. The van der Waals surface area contributed by atoms with Crippen molar-refractivity contribution in [2.24, 2.45) is 5.92 Å². The molecule has 1 saturated carbocycles. The molecule has 0 unspecified atom stereocenters. The number of halogens is 1. The largest absolute Gasteiger partial charge is 0.490 e. The second kappa shape index (κ2) is 11.1. The number of nitrogens with one attached hydrogen (secondary N) is 2. The molecule has 0 aromatic heterocycles.